The van der Waals surface area contributed by atoms with Crippen LogP contribution >= 0.6 is 33.2 Å². The van der Waals surface area contributed by atoms with Crippen molar-refractivity contribution in [1.82, 2.24) is 0 Å². The van der Waals surface area contributed by atoms with Gasteiger partial charge in [-0.05, 0) is 60.8 Å². The van der Waals surface area contributed by atoms with Crippen molar-refractivity contribution in [2.24, 2.45) is 5.92 Å². The molecule has 0 N–H and O–H groups in total. The van der Waals surface area contributed by atoms with Gasteiger partial charge in [-0.15, -0.1) is 33.2 Å². The molecule has 1 aromatic rings. The highest BCUT2D eigenvalue weighted by Gasteiger charge is 2.25. The number of benzene rings is 1. The molecule has 0 heterocycles. The minimum Gasteiger partial charge on any atom is -0.466 e. The lowest BCUT2D eigenvalue weighted by atomic mass is 9.77. The molecule has 6 heteroatoms. The molecule has 0 amide bonds. The van der Waals surface area contributed by atoms with Gasteiger partial charge in [0, 0.05) is 6.08 Å². The monoisotopic (exact) mass is 432 g/mol. The molecule has 1 saturated carbocycles. The van der Waals surface area contributed by atoms with E-state index in [9.17, 15) is 4.79 Å². The van der Waals surface area contributed by atoms with E-state index in [1.165, 1.54) is 57.3 Å². The number of ether oxygens (including phenoxy) is 1. The highest BCUT2D eigenvalue weighted by atomic mass is 35.8. The van der Waals surface area contributed by atoms with Crippen molar-refractivity contribution >= 4 is 51.3 Å². The van der Waals surface area contributed by atoms with Crippen LogP contribution in [0.4, 0.5) is 0 Å². The predicted molar refractivity (Wildman–Crippen MR) is 114 cm³/mol. The minimum absolute atomic E-state index is 0.330. The van der Waals surface area contributed by atoms with Crippen LogP contribution in [0.3, 0.4) is 0 Å². The number of rotatable bonds is 8. The van der Waals surface area contributed by atoms with Crippen LogP contribution in [-0.2, 0) is 9.53 Å². The van der Waals surface area contributed by atoms with E-state index < -0.39 is 6.00 Å². The fourth-order valence-corrected chi connectivity index (χ4v) is 5.51. The lowest BCUT2D eigenvalue weighted by molar-refractivity contribution is -0.134. The van der Waals surface area contributed by atoms with E-state index in [2.05, 4.69) is 29.0 Å². The molecule has 1 aliphatic carbocycles. The smallest absolute Gasteiger partial charge is 0.341 e. The maximum atomic E-state index is 11.1. The third-order valence-electron chi connectivity index (χ3n) is 5.19. The Kier molecular flexibility index (Phi) is 9.02. The second kappa shape index (κ2) is 10.7. The molecule has 1 fully saturated rings. The zero-order chi connectivity index (χ0) is 19.0. The molecule has 0 aliphatic heterocycles. The van der Waals surface area contributed by atoms with Gasteiger partial charge < -0.3 is 4.74 Å². The molecule has 0 spiro atoms. The summed E-state index contributed by atoms with van der Waals surface area (Å²) in [5.41, 5.74) is 2.42. The van der Waals surface area contributed by atoms with Crippen molar-refractivity contribution in [3.8, 4) is 0 Å². The summed E-state index contributed by atoms with van der Waals surface area (Å²) < 4.78 is 4.61. The van der Waals surface area contributed by atoms with E-state index in [4.69, 9.17) is 33.2 Å². The maximum Gasteiger partial charge on any atom is 0.341 e. The first kappa shape index (κ1) is 21.8. The molecule has 0 aromatic heterocycles. The van der Waals surface area contributed by atoms with Crippen molar-refractivity contribution in [3.63, 3.8) is 0 Å². The topological polar surface area (TPSA) is 26.3 Å². The fraction of sp³-hybridized carbons (Fsp3) is 0.550. The van der Waals surface area contributed by atoms with Gasteiger partial charge in [-0.2, -0.15) is 0 Å². The third-order valence-corrected chi connectivity index (χ3v) is 7.81. The average molecular weight is 434 g/mol. The van der Waals surface area contributed by atoms with Gasteiger partial charge in [-0.3, -0.25) is 0 Å². The number of hydrogen-bond acceptors (Lipinski definition) is 2. The highest BCUT2D eigenvalue weighted by Crippen LogP contribution is 2.38. The van der Waals surface area contributed by atoms with Crippen molar-refractivity contribution in [3.05, 3.63) is 41.5 Å². The standard InChI is InChI=1S/C20H27Cl3O2Si/c1-25-20(24)14-9-17-7-12-19(13-8-17)18-10-5-16(6-11-18)4-2-3-15-26(21,22)23/h7-9,12-14,16,18H,2-6,10-11,15H2,1H3/b14-9+/t16-,18-. The third kappa shape index (κ3) is 8.04. The summed E-state index contributed by atoms with van der Waals surface area (Å²) in [6.45, 7) is 0. The number of methoxy groups -OCH3 is 1. The van der Waals surface area contributed by atoms with Crippen LogP contribution < -0.4 is 0 Å². The molecule has 0 bridgehead atoms. The van der Waals surface area contributed by atoms with Crippen molar-refractivity contribution in [1.29, 1.82) is 0 Å². The average Bonchev–Trinajstić information content (AvgIpc) is 2.63. The molecular formula is C20H27Cl3O2Si. The van der Waals surface area contributed by atoms with Gasteiger partial charge in [-0.25, -0.2) is 4.79 Å². The summed E-state index contributed by atoms with van der Waals surface area (Å²) in [7, 11) is 1.38. The first-order valence-corrected chi connectivity index (χ1v) is 14.5. The van der Waals surface area contributed by atoms with Gasteiger partial charge >= 0.3 is 12.0 Å². The Balaban J connectivity index is 1.74. The Morgan fingerprint density at radius 3 is 2.35 bits per heavy atom. The normalized spacial score (nSPS) is 21.1. The lowest BCUT2D eigenvalue weighted by Gasteiger charge is -2.29. The van der Waals surface area contributed by atoms with Crippen LogP contribution in [0.1, 0.15) is 62.0 Å². The van der Waals surface area contributed by atoms with Crippen LogP contribution in [0.2, 0.25) is 6.04 Å². The summed E-state index contributed by atoms with van der Waals surface area (Å²) in [6, 6.07) is 6.87. The summed E-state index contributed by atoms with van der Waals surface area (Å²) >= 11 is 17.8. The number of carbonyl (C=O) groups is 1. The quantitative estimate of drug-likeness (QED) is 0.145. The van der Waals surface area contributed by atoms with E-state index in [0.29, 0.717) is 5.92 Å². The molecule has 0 radical (unpaired) electrons. The molecule has 0 atom stereocenters. The summed E-state index contributed by atoms with van der Waals surface area (Å²) in [6.07, 6.45) is 11.8. The Hall–Kier alpha value is -0.483. The largest absolute Gasteiger partial charge is 0.466 e. The van der Waals surface area contributed by atoms with Crippen molar-refractivity contribution in [2.75, 3.05) is 7.11 Å². The van der Waals surface area contributed by atoms with Gasteiger partial charge in [0.15, 0.2) is 0 Å². The lowest BCUT2D eigenvalue weighted by Crippen LogP contribution is -2.14. The Bertz CT molecular complexity index is 588. The highest BCUT2D eigenvalue weighted by molar-refractivity contribution is 7.64. The summed E-state index contributed by atoms with van der Waals surface area (Å²) in [5, 5.41) is 0. The Morgan fingerprint density at radius 1 is 1.12 bits per heavy atom. The first-order valence-electron chi connectivity index (χ1n) is 9.30. The van der Waals surface area contributed by atoms with Crippen LogP contribution in [0.25, 0.3) is 6.08 Å². The molecule has 0 saturated heterocycles. The second-order valence-corrected chi connectivity index (χ2v) is 16.4. The van der Waals surface area contributed by atoms with Gasteiger partial charge in [-0.1, -0.05) is 43.5 Å². The van der Waals surface area contributed by atoms with E-state index in [-0.39, 0.29) is 5.97 Å². The van der Waals surface area contributed by atoms with Crippen LogP contribution in [-0.4, -0.2) is 19.1 Å². The van der Waals surface area contributed by atoms with Crippen LogP contribution in [0.5, 0.6) is 0 Å². The number of halogens is 3. The first-order chi connectivity index (χ1) is 12.4. The Labute approximate surface area is 172 Å². The van der Waals surface area contributed by atoms with E-state index in [1.54, 1.807) is 6.08 Å². The molecule has 144 valence electrons. The van der Waals surface area contributed by atoms with Crippen LogP contribution in [0.15, 0.2) is 30.3 Å². The van der Waals surface area contributed by atoms with Gasteiger partial charge in [0.25, 0.3) is 0 Å². The molecular weight excluding hydrogens is 407 g/mol. The number of hydrogen-bond donors (Lipinski definition) is 0. The Morgan fingerprint density at radius 2 is 1.77 bits per heavy atom. The number of carbonyl (C=O) groups excluding carboxylic acids is 1. The molecule has 0 unspecified atom stereocenters. The van der Waals surface area contributed by atoms with Crippen molar-refractivity contribution < 1.29 is 9.53 Å². The van der Waals surface area contributed by atoms with Crippen LogP contribution in [0, 0.1) is 5.92 Å². The molecule has 1 aromatic carbocycles. The van der Waals surface area contributed by atoms with Gasteiger partial charge in [0.1, 0.15) is 0 Å². The van der Waals surface area contributed by atoms with E-state index in [0.717, 1.165) is 23.9 Å². The zero-order valence-electron chi connectivity index (χ0n) is 15.2. The molecule has 2 nitrogen and oxygen atoms in total. The molecule has 26 heavy (non-hydrogen) atoms. The minimum atomic E-state index is -2.43. The summed E-state index contributed by atoms with van der Waals surface area (Å²) in [5.74, 6) is 1.15. The maximum absolute atomic E-state index is 11.1. The SMILES string of the molecule is COC(=O)/C=C/c1ccc([C@H]2CC[C@H](CCCC[Si](Cl)(Cl)Cl)CC2)cc1. The van der Waals surface area contributed by atoms with E-state index in [1.807, 2.05) is 0 Å². The zero-order valence-corrected chi connectivity index (χ0v) is 18.5. The van der Waals surface area contributed by atoms with Gasteiger partial charge in [0.05, 0.1) is 7.11 Å². The number of unbranched alkanes of at least 4 members (excludes halogenated alkanes) is 1. The number of esters is 1. The second-order valence-electron chi connectivity index (χ2n) is 7.10. The van der Waals surface area contributed by atoms with E-state index >= 15 is 0 Å². The predicted octanol–water partition coefficient (Wildman–Crippen LogP) is 6.97. The molecule has 2 rings (SSSR count). The van der Waals surface area contributed by atoms with Crippen molar-refractivity contribution in [2.45, 2.75) is 56.9 Å². The fourth-order valence-electron chi connectivity index (χ4n) is 3.65. The van der Waals surface area contributed by atoms with Gasteiger partial charge in [0.2, 0.25) is 0 Å². The molecule has 1 aliphatic rings. The summed E-state index contributed by atoms with van der Waals surface area (Å²) in [4.78, 5) is 11.1.